The van der Waals surface area contributed by atoms with Crippen LogP contribution in [0.2, 0.25) is 0 Å². The number of aromatic nitrogens is 1. The Morgan fingerprint density at radius 3 is 2.72 bits per heavy atom. The molecule has 2 aromatic rings. The number of nitrogens with zero attached hydrogens (tertiary/aromatic N) is 2. The van der Waals surface area contributed by atoms with Crippen molar-refractivity contribution in [3.8, 4) is 6.07 Å². The van der Waals surface area contributed by atoms with Crippen LogP contribution in [0.1, 0.15) is 0 Å². The maximum atomic E-state index is 12.3. The number of hydrogen-bond donors (Lipinski definition) is 0. The minimum absolute atomic E-state index is 0.140. The van der Waals surface area contributed by atoms with Crippen LogP contribution in [0.3, 0.4) is 0 Å². The van der Waals surface area contributed by atoms with Crippen LogP contribution >= 0.6 is 11.8 Å². The van der Waals surface area contributed by atoms with Crippen molar-refractivity contribution in [2.24, 2.45) is 5.92 Å². The quantitative estimate of drug-likeness (QED) is 0.801. The van der Waals surface area contributed by atoms with Crippen LogP contribution in [0, 0.1) is 17.2 Å². The smallest absolute Gasteiger partial charge is 0.405 e. The number of thioether (sulfide) groups is 1. The van der Waals surface area contributed by atoms with Gasteiger partial charge >= 0.3 is 6.18 Å². The zero-order valence-electron chi connectivity index (χ0n) is 8.94. The van der Waals surface area contributed by atoms with E-state index in [1.54, 1.807) is 24.3 Å². The summed E-state index contributed by atoms with van der Waals surface area (Å²) in [6.07, 6.45) is -4.52. The predicted molar refractivity (Wildman–Crippen MR) is 59.9 cm³/mol. The maximum absolute atomic E-state index is 12.3. The van der Waals surface area contributed by atoms with Crippen molar-refractivity contribution in [1.29, 1.82) is 5.26 Å². The summed E-state index contributed by atoms with van der Waals surface area (Å²) < 4.78 is 42.3. The van der Waals surface area contributed by atoms with Crippen molar-refractivity contribution in [3.05, 3.63) is 24.3 Å². The average Bonchev–Trinajstić information content (AvgIpc) is 2.70. The van der Waals surface area contributed by atoms with Crippen LogP contribution in [0.4, 0.5) is 13.2 Å². The second-order valence-corrected chi connectivity index (χ2v) is 4.45. The highest BCUT2D eigenvalue weighted by Crippen LogP contribution is 2.32. The molecule has 1 aromatic carbocycles. The molecule has 2 rings (SSSR count). The minimum atomic E-state index is -4.52. The van der Waals surface area contributed by atoms with Gasteiger partial charge in [-0.25, -0.2) is 4.98 Å². The monoisotopic (exact) mass is 272 g/mol. The van der Waals surface area contributed by atoms with Gasteiger partial charge in [0.15, 0.2) is 11.5 Å². The van der Waals surface area contributed by atoms with E-state index in [2.05, 4.69) is 4.98 Å². The summed E-state index contributed by atoms with van der Waals surface area (Å²) in [5, 5.41) is 8.58. The van der Waals surface area contributed by atoms with E-state index >= 15 is 0 Å². The first-order valence-corrected chi connectivity index (χ1v) is 5.94. The highest BCUT2D eigenvalue weighted by atomic mass is 32.2. The van der Waals surface area contributed by atoms with Crippen LogP contribution in [-0.2, 0) is 0 Å². The molecular weight excluding hydrogens is 265 g/mol. The van der Waals surface area contributed by atoms with Crippen molar-refractivity contribution < 1.29 is 17.6 Å². The van der Waals surface area contributed by atoms with Crippen molar-refractivity contribution in [3.63, 3.8) is 0 Å². The lowest BCUT2D eigenvalue weighted by molar-refractivity contribution is -0.152. The van der Waals surface area contributed by atoms with Gasteiger partial charge in [0.1, 0.15) is 5.52 Å². The van der Waals surface area contributed by atoms with E-state index < -0.39 is 17.8 Å². The molecule has 18 heavy (non-hydrogen) atoms. The van der Waals surface area contributed by atoms with Gasteiger partial charge < -0.3 is 4.42 Å². The number of nitriles is 1. The molecule has 0 fully saturated rings. The van der Waals surface area contributed by atoms with Gasteiger partial charge in [0, 0.05) is 5.75 Å². The Kier molecular flexibility index (Phi) is 3.48. The first kappa shape index (κ1) is 12.8. The second-order valence-electron chi connectivity index (χ2n) is 3.48. The molecule has 94 valence electrons. The number of para-hydroxylation sites is 2. The SMILES string of the molecule is N#CC(CSc1nc2ccccc2o1)C(F)(F)F. The summed E-state index contributed by atoms with van der Waals surface area (Å²) in [6, 6.07) is 8.11. The fourth-order valence-corrected chi connectivity index (χ4v) is 2.16. The molecule has 1 aromatic heterocycles. The lowest BCUT2D eigenvalue weighted by atomic mass is 10.2. The molecule has 0 aliphatic rings. The van der Waals surface area contributed by atoms with Crippen LogP contribution < -0.4 is 0 Å². The first-order chi connectivity index (χ1) is 8.50. The molecular formula is C11H7F3N2OS. The maximum Gasteiger partial charge on any atom is 0.405 e. The van der Waals surface area contributed by atoms with Crippen molar-refractivity contribution >= 4 is 22.9 Å². The van der Waals surface area contributed by atoms with Gasteiger partial charge in [0.2, 0.25) is 0 Å². The summed E-state index contributed by atoms with van der Waals surface area (Å²) in [6.45, 7) is 0. The lowest BCUT2D eigenvalue weighted by Gasteiger charge is -2.10. The van der Waals surface area contributed by atoms with E-state index in [0.717, 1.165) is 11.8 Å². The molecule has 0 saturated heterocycles. The molecule has 1 atom stereocenters. The molecule has 0 spiro atoms. The van der Waals surface area contributed by atoms with Gasteiger partial charge in [0.05, 0.1) is 6.07 Å². The fourth-order valence-electron chi connectivity index (χ4n) is 1.27. The van der Waals surface area contributed by atoms with E-state index in [-0.39, 0.29) is 5.22 Å². The van der Waals surface area contributed by atoms with Crippen molar-refractivity contribution in [2.45, 2.75) is 11.4 Å². The third-order valence-electron chi connectivity index (χ3n) is 2.20. The van der Waals surface area contributed by atoms with Crippen molar-refractivity contribution in [2.75, 3.05) is 5.75 Å². The Morgan fingerprint density at radius 1 is 1.39 bits per heavy atom. The lowest BCUT2D eigenvalue weighted by Crippen LogP contribution is -2.23. The molecule has 0 N–H and O–H groups in total. The Labute approximate surface area is 105 Å². The summed E-state index contributed by atoms with van der Waals surface area (Å²) in [7, 11) is 0. The summed E-state index contributed by atoms with van der Waals surface area (Å²) in [5.74, 6) is -2.44. The number of oxazole rings is 1. The van der Waals surface area contributed by atoms with Crippen LogP contribution in [-0.4, -0.2) is 16.9 Å². The number of benzene rings is 1. The predicted octanol–water partition coefficient (Wildman–Crippen LogP) is 3.62. The van der Waals surface area contributed by atoms with Gasteiger partial charge in [0.25, 0.3) is 5.22 Å². The molecule has 1 heterocycles. The third-order valence-corrected chi connectivity index (χ3v) is 3.12. The third kappa shape index (κ3) is 2.76. The molecule has 0 aliphatic heterocycles. The van der Waals surface area contributed by atoms with Crippen LogP contribution in [0.15, 0.2) is 33.9 Å². The standard InChI is InChI=1S/C11H7F3N2OS/c12-11(13,14)7(5-15)6-18-10-16-8-3-1-2-4-9(8)17-10/h1-4,7H,6H2. The van der Waals surface area contributed by atoms with Gasteiger partial charge in [-0.05, 0) is 12.1 Å². The zero-order chi connectivity index (χ0) is 13.2. The van der Waals surface area contributed by atoms with E-state index in [1.165, 1.54) is 6.07 Å². The molecule has 0 bridgehead atoms. The average molecular weight is 272 g/mol. The topological polar surface area (TPSA) is 49.8 Å². The number of alkyl halides is 3. The number of halogens is 3. The first-order valence-electron chi connectivity index (χ1n) is 4.95. The van der Waals surface area contributed by atoms with E-state index in [0.29, 0.717) is 11.1 Å². The molecule has 3 nitrogen and oxygen atoms in total. The summed E-state index contributed by atoms with van der Waals surface area (Å²) in [5.41, 5.74) is 1.10. The molecule has 0 aliphatic carbocycles. The molecule has 0 amide bonds. The number of rotatable bonds is 3. The number of hydrogen-bond acceptors (Lipinski definition) is 4. The normalized spacial score (nSPS) is 13.4. The highest BCUT2D eigenvalue weighted by Gasteiger charge is 2.40. The van der Waals surface area contributed by atoms with Gasteiger partial charge in [-0.2, -0.15) is 18.4 Å². The highest BCUT2D eigenvalue weighted by molar-refractivity contribution is 7.99. The fraction of sp³-hybridized carbons (Fsp3) is 0.273. The Bertz CT molecular complexity index is 555. The molecule has 7 heteroatoms. The van der Waals surface area contributed by atoms with Crippen LogP contribution in [0.5, 0.6) is 0 Å². The zero-order valence-corrected chi connectivity index (χ0v) is 9.76. The molecule has 1 unspecified atom stereocenters. The molecule has 0 radical (unpaired) electrons. The second kappa shape index (κ2) is 4.90. The summed E-state index contributed by atoms with van der Waals surface area (Å²) in [4.78, 5) is 4.02. The Morgan fingerprint density at radius 2 is 2.11 bits per heavy atom. The Hall–Kier alpha value is -1.68. The number of fused-ring (bicyclic) bond motifs is 1. The largest absolute Gasteiger partial charge is 0.431 e. The minimum Gasteiger partial charge on any atom is -0.431 e. The van der Waals surface area contributed by atoms with Gasteiger partial charge in [-0.3, -0.25) is 0 Å². The van der Waals surface area contributed by atoms with E-state index in [9.17, 15) is 13.2 Å². The van der Waals surface area contributed by atoms with Crippen molar-refractivity contribution in [1.82, 2.24) is 4.98 Å². The molecule has 0 saturated carbocycles. The van der Waals surface area contributed by atoms with Gasteiger partial charge in [-0.1, -0.05) is 23.9 Å². The van der Waals surface area contributed by atoms with E-state index in [4.69, 9.17) is 9.68 Å². The van der Waals surface area contributed by atoms with Crippen LogP contribution in [0.25, 0.3) is 11.1 Å². The Balaban J connectivity index is 2.08. The summed E-state index contributed by atoms with van der Waals surface area (Å²) >= 11 is 0.785. The van der Waals surface area contributed by atoms with Gasteiger partial charge in [-0.15, -0.1) is 0 Å². The van der Waals surface area contributed by atoms with E-state index in [1.807, 2.05) is 0 Å².